The Kier molecular flexibility index (Phi) is 5.80. The molecule has 0 unspecified atom stereocenters. The maximum atomic E-state index is 13.5. The molecule has 3 aromatic carbocycles. The standard InChI is InChI=1S/C24H12ClF2N3O7/c25-12-3-7-13(8-4-12)29-22(31)21-18(19(28-29)11-1-5-14(6-2-11)30(34)35)17-15(23(32)33)9-10-16(20(17)37-21)36-24(26)27/h1-10,24H,(H,32,33)/p-1. The average Bonchev–Trinajstić information content (AvgIpc) is 3.27. The van der Waals surface area contributed by atoms with Gasteiger partial charge in [0.2, 0.25) is 5.58 Å². The van der Waals surface area contributed by atoms with Crippen LogP contribution in [0.1, 0.15) is 10.4 Å². The molecule has 10 nitrogen and oxygen atoms in total. The number of nitrogens with zero attached hydrogens (tertiary/aromatic N) is 3. The van der Waals surface area contributed by atoms with Crippen molar-refractivity contribution in [2.24, 2.45) is 0 Å². The van der Waals surface area contributed by atoms with E-state index in [0.29, 0.717) is 5.02 Å². The summed E-state index contributed by atoms with van der Waals surface area (Å²) in [5, 5.41) is 27.4. The Labute approximate surface area is 209 Å². The molecule has 0 atom stereocenters. The number of nitro groups is 1. The van der Waals surface area contributed by atoms with Gasteiger partial charge in [-0.3, -0.25) is 14.9 Å². The van der Waals surface area contributed by atoms with Gasteiger partial charge >= 0.3 is 12.2 Å². The molecule has 2 heterocycles. The summed E-state index contributed by atoms with van der Waals surface area (Å²) in [5.74, 6) is -2.19. The van der Waals surface area contributed by atoms with Crippen LogP contribution >= 0.6 is 11.6 Å². The van der Waals surface area contributed by atoms with Crippen LogP contribution in [-0.2, 0) is 0 Å². The van der Waals surface area contributed by atoms with Crippen molar-refractivity contribution in [1.29, 1.82) is 0 Å². The van der Waals surface area contributed by atoms with Crippen LogP contribution in [0.4, 0.5) is 14.5 Å². The van der Waals surface area contributed by atoms with Crippen molar-refractivity contribution >= 4 is 45.2 Å². The number of halogens is 3. The van der Waals surface area contributed by atoms with E-state index in [4.69, 9.17) is 16.0 Å². The summed E-state index contributed by atoms with van der Waals surface area (Å²) >= 11 is 5.94. The third-order valence-electron chi connectivity index (χ3n) is 5.48. The Balaban J connectivity index is 1.95. The van der Waals surface area contributed by atoms with E-state index in [1.165, 1.54) is 48.5 Å². The molecule has 5 aromatic rings. The molecule has 0 fully saturated rings. The molecule has 0 aliphatic rings. The van der Waals surface area contributed by atoms with Crippen molar-refractivity contribution in [1.82, 2.24) is 9.78 Å². The number of alkyl halides is 2. The van der Waals surface area contributed by atoms with Gasteiger partial charge in [-0.2, -0.15) is 18.6 Å². The SMILES string of the molecule is O=C([O-])c1ccc(OC(F)F)c2oc3c(=O)n(-c4ccc(Cl)cc4)nc(-c4ccc([N+](=O)[O-])cc4)c3c12. The molecule has 0 bridgehead atoms. The van der Waals surface area contributed by atoms with Crippen LogP contribution in [0.2, 0.25) is 5.02 Å². The zero-order chi connectivity index (χ0) is 26.4. The van der Waals surface area contributed by atoms with Gasteiger partial charge in [0, 0.05) is 33.7 Å². The fourth-order valence-corrected chi connectivity index (χ4v) is 4.03. The molecule has 0 saturated carbocycles. The first-order chi connectivity index (χ1) is 17.7. The summed E-state index contributed by atoms with van der Waals surface area (Å²) in [6.07, 6.45) is 0. The molecule has 5 rings (SSSR count). The number of benzene rings is 3. The minimum atomic E-state index is -3.27. The van der Waals surface area contributed by atoms with E-state index >= 15 is 0 Å². The van der Waals surface area contributed by atoms with Crippen molar-refractivity contribution in [3.63, 3.8) is 0 Å². The number of non-ortho nitro benzene ring substituents is 1. The van der Waals surface area contributed by atoms with E-state index in [0.717, 1.165) is 16.8 Å². The van der Waals surface area contributed by atoms with Crippen LogP contribution < -0.4 is 15.4 Å². The van der Waals surface area contributed by atoms with Gasteiger partial charge in [-0.05, 0) is 48.5 Å². The lowest BCUT2D eigenvalue weighted by molar-refractivity contribution is -0.384. The fourth-order valence-electron chi connectivity index (χ4n) is 3.91. The van der Waals surface area contributed by atoms with Crippen LogP contribution in [0.3, 0.4) is 0 Å². The Morgan fingerprint density at radius 1 is 1.03 bits per heavy atom. The second kappa shape index (κ2) is 8.99. The third-order valence-corrected chi connectivity index (χ3v) is 5.74. The summed E-state index contributed by atoms with van der Waals surface area (Å²) in [6, 6.07) is 13.0. The molecular weight excluding hydrogens is 516 g/mol. The smallest absolute Gasteiger partial charge is 0.387 e. The monoisotopic (exact) mass is 526 g/mol. The van der Waals surface area contributed by atoms with Crippen LogP contribution in [0.5, 0.6) is 5.75 Å². The second-order valence-electron chi connectivity index (χ2n) is 7.63. The van der Waals surface area contributed by atoms with Gasteiger partial charge < -0.3 is 19.1 Å². The van der Waals surface area contributed by atoms with Crippen LogP contribution in [0.25, 0.3) is 38.9 Å². The quantitative estimate of drug-likeness (QED) is 0.235. The van der Waals surface area contributed by atoms with Crippen molar-refractivity contribution in [2.75, 3.05) is 0 Å². The summed E-state index contributed by atoms with van der Waals surface area (Å²) in [5.41, 5.74) is -1.92. The fraction of sp³-hybridized carbons (Fsp3) is 0.0417. The average molecular weight is 527 g/mol. The largest absolute Gasteiger partial charge is 0.545 e. The highest BCUT2D eigenvalue weighted by Crippen LogP contribution is 2.40. The molecule has 0 aliphatic heterocycles. The highest BCUT2D eigenvalue weighted by molar-refractivity contribution is 6.30. The first-order valence-corrected chi connectivity index (χ1v) is 10.7. The predicted molar refractivity (Wildman–Crippen MR) is 125 cm³/mol. The van der Waals surface area contributed by atoms with Crippen molar-refractivity contribution in [2.45, 2.75) is 6.61 Å². The van der Waals surface area contributed by atoms with Crippen molar-refractivity contribution in [3.05, 3.63) is 91.7 Å². The predicted octanol–water partition coefficient (Wildman–Crippen LogP) is 4.33. The van der Waals surface area contributed by atoms with Gasteiger partial charge in [-0.25, -0.2) is 0 Å². The molecule has 186 valence electrons. The summed E-state index contributed by atoms with van der Waals surface area (Å²) < 4.78 is 37.2. The third kappa shape index (κ3) is 4.12. The number of carboxylic acid groups (broad SMARTS) is 1. The number of carboxylic acids is 1. The lowest BCUT2D eigenvalue weighted by atomic mass is 10.0. The molecule has 0 saturated heterocycles. The van der Waals surface area contributed by atoms with Crippen molar-refractivity contribution in [3.8, 4) is 22.7 Å². The Morgan fingerprint density at radius 2 is 1.70 bits per heavy atom. The number of fused-ring (bicyclic) bond motifs is 3. The molecular formula is C24H11ClF2N3O7-. The topological polar surface area (TPSA) is 141 Å². The van der Waals surface area contributed by atoms with E-state index in [1.807, 2.05) is 0 Å². The molecule has 2 aromatic heterocycles. The minimum Gasteiger partial charge on any atom is -0.545 e. The lowest BCUT2D eigenvalue weighted by Gasteiger charge is -2.11. The number of aromatic carboxylic acids is 1. The number of carbonyl (C=O) groups excluding carboxylic acids is 1. The Morgan fingerprint density at radius 3 is 2.30 bits per heavy atom. The van der Waals surface area contributed by atoms with Gasteiger partial charge in [-0.1, -0.05) is 11.6 Å². The first-order valence-electron chi connectivity index (χ1n) is 10.3. The zero-order valence-corrected chi connectivity index (χ0v) is 18.9. The number of aromatic nitrogens is 2. The molecule has 0 N–H and O–H groups in total. The van der Waals surface area contributed by atoms with Gasteiger partial charge in [0.15, 0.2) is 11.3 Å². The van der Waals surface area contributed by atoms with Crippen molar-refractivity contribution < 1.29 is 32.8 Å². The number of rotatable bonds is 6. The number of furan rings is 1. The van der Waals surface area contributed by atoms with E-state index < -0.39 is 45.5 Å². The number of hydrogen-bond donors (Lipinski definition) is 0. The lowest BCUT2D eigenvalue weighted by Crippen LogP contribution is -2.23. The molecule has 0 spiro atoms. The molecule has 0 radical (unpaired) electrons. The molecule has 0 amide bonds. The minimum absolute atomic E-state index is 0.0186. The van der Waals surface area contributed by atoms with Gasteiger partial charge in [0.05, 0.1) is 22.0 Å². The Bertz CT molecular complexity index is 1760. The van der Waals surface area contributed by atoms with E-state index in [-0.39, 0.29) is 33.4 Å². The number of hydrogen-bond acceptors (Lipinski definition) is 8. The summed E-state index contributed by atoms with van der Waals surface area (Å²) in [4.78, 5) is 35.9. The normalized spacial score (nSPS) is 11.4. The van der Waals surface area contributed by atoms with Crippen LogP contribution in [0, 0.1) is 10.1 Å². The molecule has 0 aliphatic carbocycles. The highest BCUT2D eigenvalue weighted by Gasteiger charge is 2.26. The van der Waals surface area contributed by atoms with Crippen LogP contribution in [0.15, 0.2) is 69.9 Å². The van der Waals surface area contributed by atoms with Crippen LogP contribution in [-0.4, -0.2) is 27.3 Å². The second-order valence-corrected chi connectivity index (χ2v) is 8.07. The first kappa shape index (κ1) is 23.9. The number of carbonyl (C=O) groups is 1. The van der Waals surface area contributed by atoms with Gasteiger partial charge in [0.1, 0.15) is 5.69 Å². The molecule has 13 heteroatoms. The number of nitro benzene ring substituents is 1. The molecule has 37 heavy (non-hydrogen) atoms. The number of ether oxygens (including phenoxy) is 1. The summed E-state index contributed by atoms with van der Waals surface area (Å²) in [7, 11) is 0. The maximum absolute atomic E-state index is 13.5. The van der Waals surface area contributed by atoms with Gasteiger partial charge in [0.25, 0.3) is 5.69 Å². The maximum Gasteiger partial charge on any atom is 0.387 e. The summed E-state index contributed by atoms with van der Waals surface area (Å²) in [6.45, 7) is -3.27. The zero-order valence-electron chi connectivity index (χ0n) is 18.2. The van der Waals surface area contributed by atoms with E-state index in [1.54, 1.807) is 0 Å². The highest BCUT2D eigenvalue weighted by atomic mass is 35.5. The van der Waals surface area contributed by atoms with E-state index in [2.05, 4.69) is 9.84 Å². The van der Waals surface area contributed by atoms with Gasteiger partial charge in [-0.15, -0.1) is 0 Å². The van der Waals surface area contributed by atoms with E-state index in [9.17, 15) is 33.6 Å². The Hall–Kier alpha value is -4.84.